The van der Waals surface area contributed by atoms with Crippen molar-refractivity contribution in [3.8, 4) is 89.0 Å². The summed E-state index contributed by atoms with van der Waals surface area (Å²) in [7, 11) is 0. The third-order valence-corrected chi connectivity index (χ3v) is 24.5. The molecule has 0 saturated heterocycles. The molecule has 3 heteroatoms. The zero-order valence-electron chi connectivity index (χ0n) is 78.0. The minimum Gasteiger partial charge on any atom is -0.135 e. The smallest absolute Gasteiger partial charge is 0.0638 e. The van der Waals surface area contributed by atoms with Gasteiger partial charge >= 0.3 is 0 Å². The molecule has 3 heterocycles. The molecule has 0 aliphatic rings. The lowest BCUT2D eigenvalue weighted by atomic mass is 9.84. The zero-order valence-corrected chi connectivity index (χ0v) is 61.5. The van der Waals surface area contributed by atoms with Crippen LogP contribution in [-0.4, -0.2) is 0 Å². The maximum absolute atomic E-state index is 9.13. The summed E-state index contributed by atoms with van der Waals surface area (Å²) in [6.45, 7) is 0. The molecule has 0 aliphatic carbocycles. The van der Waals surface area contributed by atoms with Crippen molar-refractivity contribution in [3.63, 3.8) is 0 Å². The molecule has 0 unspecified atom stereocenters. The molecule has 20 aromatic carbocycles. The van der Waals surface area contributed by atoms with Gasteiger partial charge in [0.05, 0.1) is 26.0 Å². The Morgan fingerprint density at radius 2 is 0.514 bits per heavy atom. The van der Waals surface area contributed by atoms with Crippen molar-refractivity contribution in [1.29, 1.82) is 0 Å². The molecule has 3 aromatic heterocycles. The highest BCUT2D eigenvalue weighted by Crippen LogP contribution is 2.53. The average molecular weight is 1480 g/mol. The zero-order chi connectivity index (χ0) is 89.8. The largest absolute Gasteiger partial charge is 0.135 e. The molecule has 0 fully saturated rings. The van der Waals surface area contributed by atoms with E-state index < -0.39 is 102 Å². The van der Waals surface area contributed by atoms with Crippen molar-refractivity contribution >= 4 is 159 Å². The first-order chi connectivity index (χ1) is 63.0. The molecule has 23 aromatic rings. The summed E-state index contributed by atoms with van der Waals surface area (Å²) in [5.41, 5.74) is 12.8. The Kier molecular flexibility index (Phi) is 12.3. The van der Waals surface area contributed by atoms with E-state index in [4.69, 9.17) is 26.0 Å². The van der Waals surface area contributed by atoms with Gasteiger partial charge in [-0.3, -0.25) is 0 Å². The number of thiophene rings is 3. The van der Waals surface area contributed by atoms with Crippen LogP contribution in [0.3, 0.4) is 0 Å². The summed E-state index contributed by atoms with van der Waals surface area (Å²) >= 11 is 4.77. The molecule has 0 atom stereocenters. The minimum atomic E-state index is -0.766. The van der Waals surface area contributed by atoms with Crippen LogP contribution in [0.15, 0.2) is 412 Å². The molecule has 0 nitrogen and oxygen atoms in total. The van der Waals surface area contributed by atoms with Crippen molar-refractivity contribution < 1.29 is 26.0 Å². The number of hydrogen-bond donors (Lipinski definition) is 0. The summed E-state index contributed by atoms with van der Waals surface area (Å²) in [6.07, 6.45) is 0. The van der Waals surface area contributed by atoms with Gasteiger partial charge in [-0.1, -0.05) is 376 Å². The highest BCUT2D eigenvalue weighted by atomic mass is 32.1. The highest BCUT2D eigenvalue weighted by Gasteiger charge is 2.24. The van der Waals surface area contributed by atoms with E-state index >= 15 is 0 Å². The third kappa shape index (κ3) is 11.4. The predicted molar refractivity (Wildman–Crippen MR) is 487 cm³/mol. The maximum Gasteiger partial charge on any atom is 0.0638 e. The molecule has 0 N–H and O–H groups in total. The molecular weight excluding hydrogens is 1390 g/mol. The van der Waals surface area contributed by atoms with Crippen LogP contribution in [0.1, 0.15) is 26.0 Å². The average Bonchev–Trinajstić information content (AvgIpc) is 0.981. The van der Waals surface area contributed by atoms with Gasteiger partial charge in [0.1, 0.15) is 0 Å². The van der Waals surface area contributed by atoms with E-state index in [9.17, 15) is 0 Å². The first-order valence-electron chi connectivity index (χ1n) is 46.0. The van der Waals surface area contributed by atoms with Crippen LogP contribution in [-0.2, 0) is 0 Å². The van der Waals surface area contributed by atoms with Crippen molar-refractivity contribution in [3.05, 3.63) is 412 Å². The molecule has 23 rings (SSSR count). The molecule has 0 saturated carbocycles. The Bertz CT molecular complexity index is 8550. The number of fused-ring (bicyclic) bond motifs is 15. The van der Waals surface area contributed by atoms with Crippen LogP contribution in [0.2, 0.25) is 0 Å². The van der Waals surface area contributed by atoms with E-state index in [2.05, 4.69) is 267 Å². The number of hydrogen-bond acceptors (Lipinski definition) is 3. The lowest BCUT2D eigenvalue weighted by molar-refractivity contribution is 1.63. The summed E-state index contributed by atoms with van der Waals surface area (Å²) in [5.74, 6) is 0. The Morgan fingerprint density at radius 3 is 1.04 bits per heavy atom. The van der Waals surface area contributed by atoms with E-state index in [0.717, 1.165) is 11.3 Å². The Hall–Kier alpha value is -13.4. The second-order valence-electron chi connectivity index (χ2n) is 27.2. The van der Waals surface area contributed by atoms with Crippen molar-refractivity contribution in [2.75, 3.05) is 0 Å². The predicted octanol–water partition coefficient (Wildman–Crippen LogP) is 32.4. The lowest BCUT2D eigenvalue weighted by Gasteiger charge is -2.19. The third-order valence-electron chi connectivity index (χ3n) is 21.1. The quantitative estimate of drug-likeness (QED) is 0.133. The summed E-state index contributed by atoms with van der Waals surface area (Å²) < 4.78 is 170. The van der Waals surface area contributed by atoms with Crippen molar-refractivity contribution in [1.82, 2.24) is 0 Å². The second kappa shape index (κ2) is 28.0. The monoisotopic (exact) mass is 1480 g/mol. The Balaban J connectivity index is 0.000000123. The summed E-state index contributed by atoms with van der Waals surface area (Å²) in [5, 5.41) is 15.1. The Labute approximate surface area is 682 Å². The van der Waals surface area contributed by atoms with E-state index in [1.807, 2.05) is 22.7 Å². The summed E-state index contributed by atoms with van der Waals surface area (Å²) in [4.78, 5) is 0. The Morgan fingerprint density at radius 1 is 0.162 bits per heavy atom. The normalized spacial score (nSPS) is 14.0. The van der Waals surface area contributed by atoms with Crippen LogP contribution in [0, 0.1) is 0 Å². The molecule has 0 aliphatic heterocycles. The van der Waals surface area contributed by atoms with Crippen LogP contribution >= 0.6 is 34.0 Å². The van der Waals surface area contributed by atoms with Gasteiger partial charge in [0.2, 0.25) is 0 Å². The SMILES string of the molecule is [2H]c1c([2H])c([2H])c(-c2c3c([2H])c([2H])c([2H])c([2H])c3c(-c3ccc(-c4cc5c(sc6c([2H])c([2H])c([2H])c([2H])c65)c([2H])c4[2H])cc3)c3c([2H])c([2H])c([2H])c([2H])c23)c([2H])c1[2H].c1ccc(-c2c3ccccc3c(-c3ccc(-c4ccccc4)c4sc5ccccc5c34)c3ccccc23)cc1.c1ccc(-c2c3ccccc3c(-c3cccc4sc5ccccc5c34)c3ccccc23)cc1. The van der Waals surface area contributed by atoms with E-state index in [1.54, 1.807) is 6.07 Å². The van der Waals surface area contributed by atoms with Gasteiger partial charge in [-0.05, 0) is 190 Å². The first-order valence-corrected chi connectivity index (χ1v) is 38.9. The highest BCUT2D eigenvalue weighted by molar-refractivity contribution is 7.27. The van der Waals surface area contributed by atoms with Crippen LogP contribution in [0.4, 0.5) is 0 Å². The number of benzene rings is 20. The van der Waals surface area contributed by atoms with Crippen molar-refractivity contribution in [2.24, 2.45) is 0 Å². The van der Waals surface area contributed by atoms with E-state index in [-0.39, 0.29) is 72.5 Å². The molecule has 518 valence electrons. The van der Waals surface area contributed by atoms with Gasteiger partial charge in [-0.15, -0.1) is 34.0 Å². The molecule has 0 bridgehead atoms. The maximum atomic E-state index is 9.13. The van der Waals surface area contributed by atoms with Crippen LogP contribution in [0.25, 0.3) is 214 Å². The molecule has 0 radical (unpaired) electrons. The fourth-order valence-electron chi connectivity index (χ4n) is 16.4. The lowest BCUT2D eigenvalue weighted by Crippen LogP contribution is -1.91. The topological polar surface area (TPSA) is 0 Å². The minimum absolute atomic E-state index is 0.0609. The van der Waals surface area contributed by atoms with Gasteiger partial charge in [0, 0.05) is 60.5 Å². The van der Waals surface area contributed by atoms with E-state index in [0.29, 0.717) is 15.6 Å². The fourth-order valence-corrected chi connectivity index (χ4v) is 19.8. The van der Waals surface area contributed by atoms with Crippen molar-refractivity contribution in [2.45, 2.75) is 0 Å². The molecule has 0 amide bonds. The van der Waals surface area contributed by atoms with Gasteiger partial charge in [0.15, 0.2) is 0 Å². The first kappa shape index (κ1) is 48.8. The van der Waals surface area contributed by atoms with Gasteiger partial charge < -0.3 is 0 Å². The second-order valence-corrected chi connectivity index (χ2v) is 30.4. The van der Waals surface area contributed by atoms with Crippen LogP contribution < -0.4 is 0 Å². The standard InChI is InChI=1S/2C38H24S.C32H20S/c1-3-13-25(14-4-1)27-23-24-33(37-32-21-11-12-22-34(32)39-38(27)37)36-30-19-9-7-17-28(30)35(26-15-5-2-6-16-26)29-18-8-10-20-31(29)36;1-2-10-26(11-3-1)37-30-13-4-6-15-32(30)38(33-16-7-5-14-31(33)37)27-20-18-25(19-21-27)28-22-23-36-34(24-28)29-12-8-9-17-35(29)39-36;1-2-11-21(12-3-1)30-22-13-4-6-15-24(22)31(25-16-7-5-14-23(25)30)27-18-10-20-29-32(27)26-17-8-9-19-28(26)33-29/h2*1-24H;1-20H/i;1D,2D,3D,4D,5D,6D,7D,8D,9D,10D,11D,12D,13D,14D,15D,16D,17D,22D,23D;. The fraction of sp³-hybridized carbons (Fsp3) is 0. The molecule has 0 spiro atoms. The number of rotatable bonds is 8. The van der Waals surface area contributed by atoms with Crippen LogP contribution in [0.5, 0.6) is 0 Å². The molecule has 111 heavy (non-hydrogen) atoms. The summed E-state index contributed by atoms with van der Waals surface area (Å²) in [6, 6.07) is 93.7. The van der Waals surface area contributed by atoms with E-state index in [1.165, 1.54) is 163 Å². The molecular formula is C108H68S3. The van der Waals surface area contributed by atoms with Gasteiger partial charge in [-0.2, -0.15) is 0 Å². The van der Waals surface area contributed by atoms with Gasteiger partial charge in [0.25, 0.3) is 0 Å². The van der Waals surface area contributed by atoms with Gasteiger partial charge in [-0.25, -0.2) is 0 Å².